The maximum absolute atomic E-state index is 12.0. The van der Waals surface area contributed by atoms with E-state index in [1.54, 1.807) is 25.1 Å². The van der Waals surface area contributed by atoms with Crippen molar-refractivity contribution in [2.45, 2.75) is 13.0 Å². The fourth-order valence-electron chi connectivity index (χ4n) is 1.93. The summed E-state index contributed by atoms with van der Waals surface area (Å²) < 4.78 is 5.22. The van der Waals surface area contributed by atoms with Gasteiger partial charge in [0.25, 0.3) is 0 Å². The Morgan fingerprint density at radius 3 is 2.89 bits per heavy atom. The van der Waals surface area contributed by atoms with Crippen LogP contribution in [0.1, 0.15) is 15.9 Å². The molecule has 0 spiro atoms. The van der Waals surface area contributed by atoms with E-state index in [4.69, 9.17) is 10.5 Å². The van der Waals surface area contributed by atoms with E-state index in [1.807, 2.05) is 0 Å². The van der Waals surface area contributed by atoms with Crippen molar-refractivity contribution in [1.29, 1.82) is 0 Å². The van der Waals surface area contributed by atoms with Gasteiger partial charge >= 0.3 is 0 Å². The summed E-state index contributed by atoms with van der Waals surface area (Å²) in [4.78, 5) is 23.2. The number of ether oxygens (including phenoxy) is 1. The molecule has 1 heterocycles. The molecule has 1 fully saturated rings. The van der Waals surface area contributed by atoms with Crippen LogP contribution in [-0.2, 0) is 9.53 Å². The second-order valence-corrected chi connectivity index (χ2v) is 4.46. The molecule has 0 radical (unpaired) electrons. The standard InChI is InChI=1S/C13H17N3O3/c1-8-2-3-9(6-10(8)12(14)17)16-13(18)11-7-19-5-4-15-11/h2-3,6,11,15H,4-5,7H2,1H3,(H2,14,17)(H,16,18). The number of carbonyl (C=O) groups excluding carboxylic acids is 2. The molecule has 1 aromatic rings. The normalized spacial score (nSPS) is 18.9. The molecular formula is C13H17N3O3. The molecule has 102 valence electrons. The Kier molecular flexibility index (Phi) is 4.13. The van der Waals surface area contributed by atoms with Crippen molar-refractivity contribution < 1.29 is 14.3 Å². The molecule has 1 saturated heterocycles. The molecule has 19 heavy (non-hydrogen) atoms. The highest BCUT2D eigenvalue weighted by molar-refractivity contribution is 5.98. The van der Waals surface area contributed by atoms with E-state index in [0.717, 1.165) is 5.56 Å². The van der Waals surface area contributed by atoms with Crippen molar-refractivity contribution >= 4 is 17.5 Å². The fourth-order valence-corrected chi connectivity index (χ4v) is 1.93. The van der Waals surface area contributed by atoms with Gasteiger partial charge in [0.05, 0.1) is 13.2 Å². The number of aryl methyl sites for hydroxylation is 1. The molecule has 0 saturated carbocycles. The third-order valence-electron chi connectivity index (χ3n) is 3.01. The van der Waals surface area contributed by atoms with Gasteiger partial charge in [0, 0.05) is 17.8 Å². The lowest BCUT2D eigenvalue weighted by Crippen LogP contribution is -2.48. The minimum absolute atomic E-state index is 0.182. The lowest BCUT2D eigenvalue weighted by Gasteiger charge is -2.23. The third-order valence-corrected chi connectivity index (χ3v) is 3.01. The number of carbonyl (C=O) groups is 2. The number of benzene rings is 1. The summed E-state index contributed by atoms with van der Waals surface area (Å²) in [5.41, 5.74) is 7.02. The van der Waals surface area contributed by atoms with Gasteiger partial charge in [-0.15, -0.1) is 0 Å². The Morgan fingerprint density at radius 1 is 1.47 bits per heavy atom. The molecule has 0 bridgehead atoms. The zero-order valence-corrected chi connectivity index (χ0v) is 10.7. The molecule has 1 unspecified atom stereocenters. The van der Waals surface area contributed by atoms with Gasteiger partial charge in [-0.25, -0.2) is 0 Å². The van der Waals surface area contributed by atoms with Crippen LogP contribution in [0.25, 0.3) is 0 Å². The van der Waals surface area contributed by atoms with Crippen LogP contribution in [0.15, 0.2) is 18.2 Å². The van der Waals surface area contributed by atoms with E-state index in [2.05, 4.69) is 10.6 Å². The molecule has 0 aliphatic carbocycles. The summed E-state index contributed by atoms with van der Waals surface area (Å²) in [5.74, 6) is -0.688. The average molecular weight is 263 g/mol. The summed E-state index contributed by atoms with van der Waals surface area (Å²) >= 11 is 0. The Morgan fingerprint density at radius 2 is 2.26 bits per heavy atom. The summed E-state index contributed by atoms with van der Waals surface area (Å²) in [6.07, 6.45) is 0. The van der Waals surface area contributed by atoms with Crippen molar-refractivity contribution in [1.82, 2.24) is 5.32 Å². The summed E-state index contributed by atoms with van der Waals surface area (Å²) in [6.45, 7) is 3.40. The molecule has 1 aromatic carbocycles. The minimum Gasteiger partial charge on any atom is -0.378 e. The second-order valence-electron chi connectivity index (χ2n) is 4.46. The quantitative estimate of drug-likeness (QED) is 0.716. The number of rotatable bonds is 3. The number of amides is 2. The van der Waals surface area contributed by atoms with Gasteiger partial charge in [-0.1, -0.05) is 6.07 Å². The Bertz CT molecular complexity index is 496. The van der Waals surface area contributed by atoms with Gasteiger partial charge in [-0.3, -0.25) is 9.59 Å². The first-order chi connectivity index (χ1) is 9.08. The number of primary amides is 1. The number of nitrogens with two attached hydrogens (primary N) is 1. The molecule has 1 atom stereocenters. The topological polar surface area (TPSA) is 93.4 Å². The Labute approximate surface area is 111 Å². The van der Waals surface area contributed by atoms with Gasteiger partial charge in [0.15, 0.2) is 0 Å². The number of anilines is 1. The van der Waals surface area contributed by atoms with E-state index in [1.165, 1.54) is 0 Å². The predicted molar refractivity (Wildman–Crippen MR) is 70.9 cm³/mol. The summed E-state index contributed by atoms with van der Waals surface area (Å²) in [6, 6.07) is 4.70. The van der Waals surface area contributed by atoms with Crippen molar-refractivity contribution in [3.63, 3.8) is 0 Å². The molecule has 2 rings (SSSR count). The molecule has 0 aromatic heterocycles. The first-order valence-electron chi connectivity index (χ1n) is 6.10. The molecule has 1 aliphatic heterocycles. The van der Waals surface area contributed by atoms with Crippen molar-refractivity contribution in [2.24, 2.45) is 5.73 Å². The van der Waals surface area contributed by atoms with Gasteiger partial charge in [-0.05, 0) is 24.6 Å². The van der Waals surface area contributed by atoms with E-state index < -0.39 is 5.91 Å². The first kappa shape index (κ1) is 13.5. The highest BCUT2D eigenvalue weighted by atomic mass is 16.5. The van der Waals surface area contributed by atoms with Crippen LogP contribution < -0.4 is 16.4 Å². The van der Waals surface area contributed by atoms with Crippen molar-refractivity contribution in [3.05, 3.63) is 29.3 Å². The zero-order chi connectivity index (χ0) is 13.8. The van der Waals surface area contributed by atoms with Crippen LogP contribution in [0.5, 0.6) is 0 Å². The summed E-state index contributed by atoms with van der Waals surface area (Å²) in [7, 11) is 0. The minimum atomic E-state index is -0.507. The molecular weight excluding hydrogens is 246 g/mol. The van der Waals surface area contributed by atoms with E-state index in [0.29, 0.717) is 31.0 Å². The zero-order valence-electron chi connectivity index (χ0n) is 10.7. The lowest BCUT2D eigenvalue weighted by molar-refractivity contribution is -0.120. The van der Waals surface area contributed by atoms with Crippen LogP contribution in [-0.4, -0.2) is 37.6 Å². The molecule has 1 aliphatic rings. The maximum Gasteiger partial charge on any atom is 0.249 e. The van der Waals surface area contributed by atoms with Gasteiger partial charge in [-0.2, -0.15) is 0 Å². The fraction of sp³-hybridized carbons (Fsp3) is 0.385. The largest absolute Gasteiger partial charge is 0.378 e. The second kappa shape index (κ2) is 5.81. The first-order valence-corrected chi connectivity index (χ1v) is 6.10. The number of nitrogens with one attached hydrogen (secondary N) is 2. The van der Waals surface area contributed by atoms with Crippen molar-refractivity contribution in [3.8, 4) is 0 Å². The van der Waals surface area contributed by atoms with E-state index in [-0.39, 0.29) is 11.9 Å². The van der Waals surface area contributed by atoms with Crippen LogP contribution >= 0.6 is 0 Å². The lowest BCUT2D eigenvalue weighted by atomic mass is 10.1. The van der Waals surface area contributed by atoms with Crippen LogP contribution in [0.2, 0.25) is 0 Å². The van der Waals surface area contributed by atoms with Crippen LogP contribution in [0.4, 0.5) is 5.69 Å². The predicted octanol–water partition coefficient (Wildman–Crippen LogP) is 0.0208. The van der Waals surface area contributed by atoms with Crippen LogP contribution in [0, 0.1) is 6.92 Å². The monoisotopic (exact) mass is 263 g/mol. The number of morpholine rings is 1. The van der Waals surface area contributed by atoms with E-state index >= 15 is 0 Å². The molecule has 6 heteroatoms. The Balaban J connectivity index is 2.08. The van der Waals surface area contributed by atoms with Gasteiger partial charge < -0.3 is 21.1 Å². The highest BCUT2D eigenvalue weighted by Crippen LogP contribution is 2.15. The third kappa shape index (κ3) is 3.30. The smallest absolute Gasteiger partial charge is 0.249 e. The van der Waals surface area contributed by atoms with Gasteiger partial charge in [0.1, 0.15) is 6.04 Å². The van der Waals surface area contributed by atoms with E-state index in [9.17, 15) is 9.59 Å². The number of hydrogen-bond donors (Lipinski definition) is 3. The summed E-state index contributed by atoms with van der Waals surface area (Å²) in [5, 5.41) is 5.80. The molecule has 2 amide bonds. The maximum atomic E-state index is 12.0. The molecule has 4 N–H and O–H groups in total. The average Bonchev–Trinajstić information content (AvgIpc) is 2.41. The SMILES string of the molecule is Cc1ccc(NC(=O)C2COCCN2)cc1C(N)=O. The van der Waals surface area contributed by atoms with Crippen LogP contribution in [0.3, 0.4) is 0 Å². The number of hydrogen-bond acceptors (Lipinski definition) is 4. The van der Waals surface area contributed by atoms with Crippen molar-refractivity contribution in [2.75, 3.05) is 25.1 Å². The van der Waals surface area contributed by atoms with Gasteiger partial charge in [0.2, 0.25) is 11.8 Å². The Hall–Kier alpha value is -1.92. The molecule has 6 nitrogen and oxygen atoms in total. The highest BCUT2D eigenvalue weighted by Gasteiger charge is 2.21.